The zero-order valence-corrected chi connectivity index (χ0v) is 12.2. The lowest BCUT2D eigenvalue weighted by Crippen LogP contribution is -2.28. The predicted molar refractivity (Wildman–Crippen MR) is 77.4 cm³/mol. The van der Waals surface area contributed by atoms with Gasteiger partial charge in [-0.15, -0.1) is 12.4 Å². The summed E-state index contributed by atoms with van der Waals surface area (Å²) in [6, 6.07) is 0. The molecule has 0 aromatic carbocycles. The molecule has 0 spiro atoms. The molecule has 0 saturated carbocycles. The Kier molecular flexibility index (Phi) is 6.12. The number of halogens is 2. The minimum Gasteiger partial charge on any atom is -0.383 e. The van der Waals surface area contributed by atoms with E-state index < -0.39 is 0 Å². The first-order valence-corrected chi connectivity index (χ1v) is 6.54. The molecule has 3 N–H and O–H groups in total. The van der Waals surface area contributed by atoms with E-state index in [0.29, 0.717) is 16.8 Å². The number of rotatable bonds is 3. The Morgan fingerprint density at radius 1 is 1.33 bits per heavy atom. The molecule has 0 unspecified atom stereocenters. The van der Waals surface area contributed by atoms with Crippen molar-refractivity contribution in [1.29, 1.82) is 0 Å². The Hall–Kier alpha value is -0.580. The van der Waals surface area contributed by atoms with E-state index in [-0.39, 0.29) is 12.4 Å². The molecule has 2 heterocycles. The third kappa shape index (κ3) is 3.97. The van der Waals surface area contributed by atoms with Crippen molar-refractivity contribution in [2.45, 2.75) is 32.6 Å². The van der Waals surface area contributed by atoms with Gasteiger partial charge in [-0.2, -0.15) is 0 Å². The average Bonchev–Trinajstić information content (AvgIpc) is 2.29. The summed E-state index contributed by atoms with van der Waals surface area (Å²) < 4.78 is 0. The lowest BCUT2D eigenvalue weighted by molar-refractivity contribution is 0.354. The van der Waals surface area contributed by atoms with E-state index in [1.54, 1.807) is 6.92 Å². The molecule has 1 aliphatic heterocycles. The summed E-state index contributed by atoms with van der Waals surface area (Å²) >= 11 is 6.11. The van der Waals surface area contributed by atoms with Crippen LogP contribution in [0.15, 0.2) is 0 Å². The van der Waals surface area contributed by atoms with Crippen molar-refractivity contribution in [3.63, 3.8) is 0 Å². The summed E-state index contributed by atoms with van der Waals surface area (Å²) in [5, 5.41) is 3.89. The van der Waals surface area contributed by atoms with E-state index in [1.165, 1.54) is 12.8 Å². The monoisotopic (exact) mass is 290 g/mol. The van der Waals surface area contributed by atoms with Gasteiger partial charge in [0.2, 0.25) is 0 Å². The third-order valence-corrected chi connectivity index (χ3v) is 3.67. The lowest BCUT2D eigenvalue weighted by Gasteiger charge is -2.22. The molecule has 18 heavy (non-hydrogen) atoms. The maximum Gasteiger partial charge on any atom is 0.138 e. The van der Waals surface area contributed by atoms with Crippen LogP contribution in [0.3, 0.4) is 0 Å². The standard InChI is InChI=1S/C12H19ClN4.ClH/c1-8-16-11(13)10(12(14)17-8)3-2-9-4-6-15-7-5-9;/h9,15H,2-7H2,1H3,(H2,14,16,17);1H. The summed E-state index contributed by atoms with van der Waals surface area (Å²) in [5.74, 6) is 1.95. The quantitative estimate of drug-likeness (QED) is 0.839. The van der Waals surface area contributed by atoms with Crippen LogP contribution < -0.4 is 11.1 Å². The second-order valence-electron chi connectivity index (χ2n) is 4.66. The molecule has 0 atom stereocenters. The highest BCUT2D eigenvalue weighted by Gasteiger charge is 2.15. The predicted octanol–water partition coefficient (Wildman–Crippen LogP) is 2.37. The molecule has 102 valence electrons. The highest BCUT2D eigenvalue weighted by Crippen LogP contribution is 2.24. The molecular formula is C12H20Cl2N4. The van der Waals surface area contributed by atoms with Gasteiger partial charge in [0.1, 0.15) is 16.8 Å². The maximum atomic E-state index is 6.11. The van der Waals surface area contributed by atoms with Gasteiger partial charge in [-0.1, -0.05) is 11.6 Å². The number of nitrogen functional groups attached to an aromatic ring is 1. The molecule has 1 aromatic heterocycles. The molecule has 0 radical (unpaired) electrons. The molecule has 0 bridgehead atoms. The number of anilines is 1. The first kappa shape index (κ1) is 15.5. The van der Waals surface area contributed by atoms with Crippen LogP contribution in [0.2, 0.25) is 5.15 Å². The Morgan fingerprint density at radius 2 is 2.00 bits per heavy atom. The highest BCUT2D eigenvalue weighted by atomic mass is 35.5. The van der Waals surface area contributed by atoms with Gasteiger partial charge in [0, 0.05) is 5.56 Å². The molecule has 1 aliphatic rings. The SMILES string of the molecule is Cc1nc(N)c(CCC2CCNCC2)c(Cl)n1.Cl. The van der Waals surface area contributed by atoms with E-state index in [2.05, 4.69) is 15.3 Å². The third-order valence-electron chi connectivity index (χ3n) is 3.36. The van der Waals surface area contributed by atoms with E-state index in [1.807, 2.05) is 0 Å². The zero-order chi connectivity index (χ0) is 12.3. The largest absolute Gasteiger partial charge is 0.383 e. The lowest BCUT2D eigenvalue weighted by atomic mass is 9.92. The minimum atomic E-state index is 0. The summed E-state index contributed by atoms with van der Waals surface area (Å²) in [6.45, 7) is 4.05. The van der Waals surface area contributed by atoms with Gasteiger partial charge >= 0.3 is 0 Å². The molecule has 1 aromatic rings. The zero-order valence-electron chi connectivity index (χ0n) is 10.6. The maximum absolute atomic E-state index is 6.11. The smallest absolute Gasteiger partial charge is 0.138 e. The van der Waals surface area contributed by atoms with E-state index >= 15 is 0 Å². The second-order valence-corrected chi connectivity index (χ2v) is 5.02. The summed E-state index contributed by atoms with van der Waals surface area (Å²) in [6.07, 6.45) is 4.49. The van der Waals surface area contributed by atoms with Crippen LogP contribution in [-0.4, -0.2) is 23.1 Å². The van der Waals surface area contributed by atoms with E-state index in [4.69, 9.17) is 17.3 Å². The van der Waals surface area contributed by atoms with Crippen molar-refractivity contribution in [3.05, 3.63) is 16.5 Å². The Morgan fingerprint density at radius 3 is 2.61 bits per heavy atom. The van der Waals surface area contributed by atoms with Crippen LogP contribution >= 0.6 is 24.0 Å². The normalized spacial score (nSPS) is 16.3. The second kappa shape index (κ2) is 7.12. The molecular weight excluding hydrogens is 271 g/mol. The molecule has 4 nitrogen and oxygen atoms in total. The number of aryl methyl sites for hydroxylation is 1. The van der Waals surface area contributed by atoms with Crippen LogP contribution in [0, 0.1) is 12.8 Å². The van der Waals surface area contributed by atoms with Crippen LogP contribution in [-0.2, 0) is 6.42 Å². The van der Waals surface area contributed by atoms with Crippen molar-refractivity contribution in [2.24, 2.45) is 5.92 Å². The number of nitrogens with two attached hydrogens (primary N) is 1. The van der Waals surface area contributed by atoms with Crippen molar-refractivity contribution in [1.82, 2.24) is 15.3 Å². The van der Waals surface area contributed by atoms with Crippen LogP contribution in [0.4, 0.5) is 5.82 Å². The van der Waals surface area contributed by atoms with E-state index in [0.717, 1.165) is 37.4 Å². The number of aromatic nitrogens is 2. The fourth-order valence-electron chi connectivity index (χ4n) is 2.33. The van der Waals surface area contributed by atoms with Crippen molar-refractivity contribution in [2.75, 3.05) is 18.8 Å². The Balaban J connectivity index is 0.00000162. The first-order valence-electron chi connectivity index (χ1n) is 6.16. The van der Waals surface area contributed by atoms with Gasteiger partial charge in [-0.05, 0) is 51.6 Å². The molecule has 0 amide bonds. The Labute approximate surface area is 119 Å². The van der Waals surface area contributed by atoms with Crippen molar-refractivity contribution < 1.29 is 0 Å². The first-order chi connectivity index (χ1) is 8.16. The summed E-state index contributed by atoms with van der Waals surface area (Å²) in [4.78, 5) is 8.33. The molecule has 6 heteroatoms. The molecule has 1 fully saturated rings. The molecule has 1 saturated heterocycles. The number of hydrogen-bond acceptors (Lipinski definition) is 4. The molecule has 2 rings (SSSR count). The number of nitrogens with zero attached hydrogens (tertiary/aromatic N) is 2. The topological polar surface area (TPSA) is 63.8 Å². The average molecular weight is 291 g/mol. The van der Waals surface area contributed by atoms with Gasteiger partial charge in [-0.3, -0.25) is 0 Å². The number of hydrogen-bond donors (Lipinski definition) is 2. The van der Waals surface area contributed by atoms with Crippen LogP contribution in [0.25, 0.3) is 0 Å². The molecule has 0 aliphatic carbocycles. The van der Waals surface area contributed by atoms with Gasteiger partial charge in [0.15, 0.2) is 0 Å². The van der Waals surface area contributed by atoms with Gasteiger partial charge < -0.3 is 11.1 Å². The van der Waals surface area contributed by atoms with Crippen LogP contribution in [0.5, 0.6) is 0 Å². The van der Waals surface area contributed by atoms with Crippen LogP contribution in [0.1, 0.15) is 30.7 Å². The highest BCUT2D eigenvalue weighted by molar-refractivity contribution is 6.30. The van der Waals surface area contributed by atoms with Gasteiger partial charge in [0.05, 0.1) is 0 Å². The van der Waals surface area contributed by atoms with Gasteiger partial charge in [0.25, 0.3) is 0 Å². The summed E-state index contributed by atoms with van der Waals surface area (Å²) in [5.41, 5.74) is 6.80. The van der Waals surface area contributed by atoms with Gasteiger partial charge in [-0.25, -0.2) is 9.97 Å². The van der Waals surface area contributed by atoms with E-state index in [9.17, 15) is 0 Å². The number of nitrogens with one attached hydrogen (secondary N) is 1. The number of piperidine rings is 1. The Bertz CT molecular complexity index is 369. The minimum absolute atomic E-state index is 0. The fraction of sp³-hybridized carbons (Fsp3) is 0.667. The summed E-state index contributed by atoms with van der Waals surface area (Å²) in [7, 11) is 0. The van der Waals surface area contributed by atoms with Crippen molar-refractivity contribution >= 4 is 29.8 Å². The van der Waals surface area contributed by atoms with Crippen molar-refractivity contribution in [3.8, 4) is 0 Å². The fourth-order valence-corrected chi connectivity index (χ4v) is 2.65.